The van der Waals surface area contributed by atoms with Crippen molar-refractivity contribution in [1.82, 2.24) is 9.88 Å². The molecule has 0 saturated carbocycles. The number of hydrogen-bond acceptors (Lipinski definition) is 6. The Hall–Kier alpha value is -2.31. The summed E-state index contributed by atoms with van der Waals surface area (Å²) in [7, 11) is 1.55. The normalized spacial score (nSPS) is 15.3. The third-order valence-corrected chi connectivity index (χ3v) is 3.44. The summed E-state index contributed by atoms with van der Waals surface area (Å²) in [5, 5.41) is 0. The van der Waals surface area contributed by atoms with Crippen molar-refractivity contribution in [2.75, 3.05) is 38.2 Å². The summed E-state index contributed by atoms with van der Waals surface area (Å²) in [4.78, 5) is 30.9. The van der Waals surface area contributed by atoms with E-state index in [1.807, 2.05) is 25.7 Å². The zero-order chi connectivity index (χ0) is 17.0. The molecule has 0 aliphatic carbocycles. The Kier molecular flexibility index (Phi) is 5.08. The van der Waals surface area contributed by atoms with Gasteiger partial charge in [0.1, 0.15) is 5.60 Å². The van der Waals surface area contributed by atoms with E-state index in [0.29, 0.717) is 43.3 Å². The van der Waals surface area contributed by atoms with Gasteiger partial charge in [-0.25, -0.2) is 9.78 Å². The van der Waals surface area contributed by atoms with Gasteiger partial charge < -0.3 is 19.3 Å². The topological polar surface area (TPSA) is 72.0 Å². The number of amides is 1. The number of nitrogens with zero attached hydrogens (tertiary/aromatic N) is 3. The van der Waals surface area contributed by atoms with Gasteiger partial charge in [0.2, 0.25) is 0 Å². The molecule has 1 aromatic heterocycles. The molecule has 1 aromatic rings. The number of rotatable bonds is 3. The van der Waals surface area contributed by atoms with Gasteiger partial charge in [-0.1, -0.05) is 0 Å². The molecule has 0 radical (unpaired) electrons. The molecule has 2 rings (SSSR count). The van der Waals surface area contributed by atoms with Gasteiger partial charge in [-0.2, -0.15) is 0 Å². The summed E-state index contributed by atoms with van der Waals surface area (Å²) in [5.74, 6) is 1.24. The van der Waals surface area contributed by atoms with Gasteiger partial charge in [0.15, 0.2) is 17.9 Å². The van der Waals surface area contributed by atoms with E-state index < -0.39 is 5.60 Å². The second kappa shape index (κ2) is 6.85. The molecule has 7 nitrogen and oxygen atoms in total. The van der Waals surface area contributed by atoms with Crippen molar-refractivity contribution < 1.29 is 19.1 Å². The summed E-state index contributed by atoms with van der Waals surface area (Å²) in [5.41, 5.74) is -0.0260. The van der Waals surface area contributed by atoms with Crippen LogP contribution in [0.5, 0.6) is 5.75 Å². The Balaban J connectivity index is 2.02. The molecule has 2 heterocycles. The largest absolute Gasteiger partial charge is 0.493 e. The second-order valence-electron chi connectivity index (χ2n) is 6.37. The van der Waals surface area contributed by atoms with Gasteiger partial charge in [0, 0.05) is 37.9 Å². The first kappa shape index (κ1) is 17.1. The van der Waals surface area contributed by atoms with Crippen LogP contribution in [0, 0.1) is 0 Å². The molecule has 0 bridgehead atoms. The van der Waals surface area contributed by atoms with E-state index in [2.05, 4.69) is 4.98 Å². The molecule has 0 aromatic carbocycles. The number of aromatic nitrogens is 1. The highest BCUT2D eigenvalue weighted by Crippen LogP contribution is 2.27. The summed E-state index contributed by atoms with van der Waals surface area (Å²) in [6, 6.07) is 1.66. The van der Waals surface area contributed by atoms with E-state index in [-0.39, 0.29) is 6.09 Å². The predicted molar refractivity (Wildman–Crippen MR) is 86.2 cm³/mol. The number of ether oxygens (including phenoxy) is 2. The van der Waals surface area contributed by atoms with Gasteiger partial charge in [0.05, 0.1) is 7.11 Å². The van der Waals surface area contributed by atoms with Crippen molar-refractivity contribution in [2.45, 2.75) is 26.4 Å². The molecule has 23 heavy (non-hydrogen) atoms. The Bertz CT molecular complexity index is 575. The number of pyridine rings is 1. The Morgan fingerprint density at radius 3 is 2.43 bits per heavy atom. The first-order valence-electron chi connectivity index (χ1n) is 7.56. The van der Waals surface area contributed by atoms with Crippen LogP contribution in [0.2, 0.25) is 0 Å². The number of piperazine rings is 1. The number of carbonyl (C=O) groups is 2. The lowest BCUT2D eigenvalue weighted by Crippen LogP contribution is -2.50. The molecule has 1 amide bonds. The van der Waals surface area contributed by atoms with Crippen molar-refractivity contribution in [1.29, 1.82) is 0 Å². The average molecular weight is 321 g/mol. The highest BCUT2D eigenvalue weighted by molar-refractivity contribution is 5.76. The van der Waals surface area contributed by atoms with Gasteiger partial charge >= 0.3 is 6.09 Å². The smallest absolute Gasteiger partial charge is 0.410 e. The van der Waals surface area contributed by atoms with E-state index in [1.54, 1.807) is 18.1 Å². The van der Waals surface area contributed by atoms with Crippen LogP contribution in [-0.4, -0.2) is 61.2 Å². The van der Waals surface area contributed by atoms with Crippen LogP contribution in [-0.2, 0) is 4.74 Å². The van der Waals surface area contributed by atoms with Gasteiger partial charge in [-0.05, 0) is 26.8 Å². The number of carbonyl (C=O) groups excluding carboxylic acids is 2. The van der Waals surface area contributed by atoms with Crippen molar-refractivity contribution in [3.63, 3.8) is 0 Å². The van der Waals surface area contributed by atoms with Crippen LogP contribution in [0.25, 0.3) is 0 Å². The van der Waals surface area contributed by atoms with Crippen molar-refractivity contribution in [3.8, 4) is 5.75 Å². The molecule has 0 atom stereocenters. The fraction of sp³-hybridized carbons (Fsp3) is 0.562. The molecule has 126 valence electrons. The molecule has 1 fully saturated rings. The van der Waals surface area contributed by atoms with Crippen molar-refractivity contribution in [3.05, 3.63) is 17.8 Å². The van der Waals surface area contributed by atoms with Crippen LogP contribution >= 0.6 is 0 Å². The maximum atomic E-state index is 12.1. The Morgan fingerprint density at radius 1 is 1.26 bits per heavy atom. The molecule has 0 N–H and O–H groups in total. The standard InChI is InChI=1S/C16H23N3O4/c1-16(2,3)23-15(21)19-7-5-18(6-8-19)14-13(22-4)9-12(11-20)10-17-14/h9-11H,5-8H2,1-4H3. The Morgan fingerprint density at radius 2 is 1.91 bits per heavy atom. The maximum Gasteiger partial charge on any atom is 0.410 e. The van der Waals surface area contributed by atoms with Crippen LogP contribution in [0.4, 0.5) is 10.6 Å². The van der Waals surface area contributed by atoms with E-state index in [4.69, 9.17) is 9.47 Å². The zero-order valence-electron chi connectivity index (χ0n) is 14.0. The summed E-state index contributed by atoms with van der Waals surface area (Å²) in [6.07, 6.45) is 1.96. The minimum atomic E-state index is -0.496. The molecule has 0 unspecified atom stereocenters. The fourth-order valence-electron chi connectivity index (χ4n) is 2.33. The molecular weight excluding hydrogens is 298 g/mol. The number of hydrogen-bond donors (Lipinski definition) is 0. The third kappa shape index (κ3) is 4.34. The van der Waals surface area contributed by atoms with Gasteiger partial charge in [-0.15, -0.1) is 0 Å². The summed E-state index contributed by atoms with van der Waals surface area (Å²) in [6.45, 7) is 7.91. The second-order valence-corrected chi connectivity index (χ2v) is 6.37. The number of methoxy groups -OCH3 is 1. The fourth-order valence-corrected chi connectivity index (χ4v) is 2.33. The minimum absolute atomic E-state index is 0.298. The molecule has 1 aliphatic heterocycles. The monoisotopic (exact) mass is 321 g/mol. The van der Waals surface area contributed by atoms with Gasteiger partial charge in [0.25, 0.3) is 0 Å². The SMILES string of the molecule is COc1cc(C=O)cnc1N1CCN(C(=O)OC(C)(C)C)CC1. The maximum absolute atomic E-state index is 12.1. The average Bonchev–Trinajstić information content (AvgIpc) is 2.52. The highest BCUT2D eigenvalue weighted by atomic mass is 16.6. The quantitative estimate of drug-likeness (QED) is 0.793. The van der Waals surface area contributed by atoms with Crippen LogP contribution in [0.1, 0.15) is 31.1 Å². The number of aldehydes is 1. The van der Waals surface area contributed by atoms with E-state index >= 15 is 0 Å². The van der Waals surface area contributed by atoms with Crippen LogP contribution < -0.4 is 9.64 Å². The molecule has 1 saturated heterocycles. The van der Waals surface area contributed by atoms with Crippen LogP contribution in [0.15, 0.2) is 12.3 Å². The van der Waals surface area contributed by atoms with Crippen LogP contribution in [0.3, 0.4) is 0 Å². The lowest BCUT2D eigenvalue weighted by atomic mass is 10.2. The van der Waals surface area contributed by atoms with Crippen molar-refractivity contribution >= 4 is 18.2 Å². The first-order valence-corrected chi connectivity index (χ1v) is 7.56. The highest BCUT2D eigenvalue weighted by Gasteiger charge is 2.27. The van der Waals surface area contributed by atoms with E-state index in [0.717, 1.165) is 6.29 Å². The first-order chi connectivity index (χ1) is 10.8. The van der Waals surface area contributed by atoms with E-state index in [1.165, 1.54) is 6.20 Å². The van der Waals surface area contributed by atoms with Crippen molar-refractivity contribution in [2.24, 2.45) is 0 Å². The third-order valence-electron chi connectivity index (χ3n) is 3.44. The zero-order valence-corrected chi connectivity index (χ0v) is 14.0. The number of anilines is 1. The molecule has 1 aliphatic rings. The molecule has 7 heteroatoms. The summed E-state index contributed by atoms with van der Waals surface area (Å²) >= 11 is 0. The predicted octanol–water partition coefficient (Wildman–Crippen LogP) is 1.96. The molecule has 0 spiro atoms. The summed E-state index contributed by atoms with van der Waals surface area (Å²) < 4.78 is 10.7. The lowest BCUT2D eigenvalue weighted by Gasteiger charge is -2.36. The Labute approximate surface area is 136 Å². The molecular formula is C16H23N3O4. The van der Waals surface area contributed by atoms with E-state index in [9.17, 15) is 9.59 Å². The van der Waals surface area contributed by atoms with Gasteiger partial charge in [-0.3, -0.25) is 4.79 Å². The lowest BCUT2D eigenvalue weighted by molar-refractivity contribution is 0.0240. The minimum Gasteiger partial charge on any atom is -0.493 e.